The third-order valence-electron chi connectivity index (χ3n) is 6.79. The highest BCUT2D eigenvalue weighted by Gasteiger charge is 2.25. The molecule has 0 saturated heterocycles. The molecule has 0 radical (unpaired) electrons. The lowest BCUT2D eigenvalue weighted by molar-refractivity contribution is -0.870. The summed E-state index contributed by atoms with van der Waals surface area (Å²) in [4.78, 5) is 36.5. The normalized spacial score (nSPS) is 13.8. The van der Waals surface area contributed by atoms with Gasteiger partial charge in [0.2, 0.25) is 0 Å². The van der Waals surface area contributed by atoms with E-state index in [1.54, 1.807) is 0 Å². The number of esters is 2. The minimum atomic E-state index is -1.52. The van der Waals surface area contributed by atoms with Gasteiger partial charge in [0.1, 0.15) is 13.2 Å². The van der Waals surface area contributed by atoms with Gasteiger partial charge in [0.05, 0.1) is 34.4 Å². The van der Waals surface area contributed by atoms with Crippen molar-refractivity contribution in [1.82, 2.24) is 0 Å². The zero-order valence-electron chi connectivity index (χ0n) is 29.9. The van der Waals surface area contributed by atoms with Crippen LogP contribution >= 0.6 is 0 Å². The molecule has 0 aliphatic carbocycles. The lowest BCUT2D eigenvalue weighted by atomic mass is 10.1. The van der Waals surface area contributed by atoms with Gasteiger partial charge in [0.15, 0.2) is 6.10 Å². The highest BCUT2D eigenvalue weighted by Crippen LogP contribution is 2.09. The van der Waals surface area contributed by atoms with Crippen molar-refractivity contribution in [3.63, 3.8) is 0 Å². The molecule has 0 aromatic carbocycles. The van der Waals surface area contributed by atoms with Gasteiger partial charge < -0.3 is 28.5 Å². The number of allylic oxidation sites excluding steroid dienone is 10. The van der Waals surface area contributed by atoms with Gasteiger partial charge in [0.25, 0.3) is 6.29 Å². The topological polar surface area (TPSA) is 108 Å². The largest absolute Gasteiger partial charge is 0.477 e. The van der Waals surface area contributed by atoms with Crippen molar-refractivity contribution in [1.29, 1.82) is 0 Å². The van der Waals surface area contributed by atoms with E-state index in [0.717, 1.165) is 70.6 Å². The lowest BCUT2D eigenvalue weighted by Crippen LogP contribution is -2.40. The Balaban J connectivity index is 4.61. The van der Waals surface area contributed by atoms with Crippen LogP contribution < -0.4 is 0 Å². The molecular weight excluding hydrogens is 598 g/mol. The second kappa shape index (κ2) is 30.3. The van der Waals surface area contributed by atoms with Crippen LogP contribution in [0.2, 0.25) is 0 Å². The predicted molar refractivity (Wildman–Crippen MR) is 189 cm³/mol. The number of aliphatic carboxylic acids is 1. The standard InChI is InChI=1S/C38H63NO8/c1-6-8-10-12-13-14-15-16-17-18-19-20-21-22-23-25-27-29-36(41)47-34(32-45-35(40)28-26-24-11-9-7-2)33-46-38(37(42)43)44-31-30-39(3,4)5/h8,10,13-14,16-17,19-20,22-23,34,38H,6-7,9,11-12,15,18,21,24-33H2,1-5H3/p+1/b10-8-,14-13-,17-16-,20-19-,23-22-. The first-order valence-corrected chi connectivity index (χ1v) is 17.5. The van der Waals surface area contributed by atoms with Gasteiger partial charge in [-0.05, 0) is 51.4 Å². The van der Waals surface area contributed by atoms with E-state index in [9.17, 15) is 19.5 Å². The van der Waals surface area contributed by atoms with Crippen LogP contribution in [-0.2, 0) is 33.3 Å². The Bertz CT molecular complexity index is 961. The van der Waals surface area contributed by atoms with Crippen molar-refractivity contribution >= 4 is 17.9 Å². The molecule has 0 aromatic rings. The second-order valence-electron chi connectivity index (χ2n) is 12.4. The maximum atomic E-state index is 12.6. The number of unbranched alkanes of at least 4 members (excludes halogenated alkanes) is 5. The average Bonchev–Trinajstić information content (AvgIpc) is 3.01. The van der Waals surface area contributed by atoms with Crippen molar-refractivity contribution < 1.29 is 42.9 Å². The first-order chi connectivity index (χ1) is 22.6. The number of carboxylic acids is 1. The van der Waals surface area contributed by atoms with Crippen molar-refractivity contribution in [2.24, 2.45) is 0 Å². The summed E-state index contributed by atoms with van der Waals surface area (Å²) in [5.74, 6) is -2.12. The zero-order valence-corrected chi connectivity index (χ0v) is 29.9. The van der Waals surface area contributed by atoms with Crippen molar-refractivity contribution in [2.45, 2.75) is 116 Å². The number of nitrogens with zero attached hydrogens (tertiary/aromatic N) is 1. The van der Waals surface area contributed by atoms with Gasteiger partial charge in [0, 0.05) is 12.8 Å². The van der Waals surface area contributed by atoms with Crippen LogP contribution in [-0.4, -0.2) is 87.4 Å². The number of hydrogen-bond acceptors (Lipinski definition) is 7. The van der Waals surface area contributed by atoms with E-state index in [2.05, 4.69) is 68.5 Å². The van der Waals surface area contributed by atoms with Gasteiger partial charge in [-0.1, -0.05) is 100 Å². The Hall–Kier alpha value is -3.01. The molecule has 9 nitrogen and oxygen atoms in total. The van der Waals surface area contributed by atoms with Crippen molar-refractivity contribution in [3.05, 3.63) is 60.8 Å². The van der Waals surface area contributed by atoms with Crippen molar-refractivity contribution in [3.8, 4) is 0 Å². The molecule has 2 atom stereocenters. The first kappa shape index (κ1) is 44.0. The molecule has 268 valence electrons. The Morgan fingerprint density at radius 2 is 1.21 bits per heavy atom. The Morgan fingerprint density at radius 3 is 1.77 bits per heavy atom. The lowest BCUT2D eigenvalue weighted by Gasteiger charge is -2.25. The van der Waals surface area contributed by atoms with E-state index in [1.807, 2.05) is 27.2 Å². The number of carbonyl (C=O) groups is 3. The summed E-state index contributed by atoms with van der Waals surface area (Å²) in [6.45, 7) is 4.54. The number of carbonyl (C=O) groups excluding carboxylic acids is 2. The molecule has 0 saturated carbocycles. The zero-order chi connectivity index (χ0) is 35.0. The van der Waals surface area contributed by atoms with Crippen LogP contribution in [0.4, 0.5) is 0 Å². The van der Waals surface area contributed by atoms with Gasteiger partial charge in [-0.3, -0.25) is 9.59 Å². The summed E-state index contributed by atoms with van der Waals surface area (Å²) >= 11 is 0. The monoisotopic (exact) mass is 662 g/mol. The molecule has 0 aliphatic heterocycles. The number of carboxylic acid groups (broad SMARTS) is 1. The number of ether oxygens (including phenoxy) is 4. The Morgan fingerprint density at radius 1 is 0.660 bits per heavy atom. The molecule has 2 unspecified atom stereocenters. The fourth-order valence-corrected chi connectivity index (χ4v) is 4.04. The van der Waals surface area contributed by atoms with Crippen LogP contribution in [0.25, 0.3) is 0 Å². The van der Waals surface area contributed by atoms with Crippen LogP contribution in [0.5, 0.6) is 0 Å². The summed E-state index contributed by atoms with van der Waals surface area (Å²) in [5, 5.41) is 9.52. The molecule has 0 bridgehead atoms. The molecule has 0 fully saturated rings. The molecule has 0 heterocycles. The third-order valence-corrected chi connectivity index (χ3v) is 6.79. The first-order valence-electron chi connectivity index (χ1n) is 17.5. The van der Waals surface area contributed by atoms with Gasteiger partial charge in [-0.2, -0.15) is 0 Å². The Kier molecular flexibility index (Phi) is 28.4. The second-order valence-corrected chi connectivity index (χ2v) is 12.4. The number of rotatable bonds is 30. The van der Waals surface area contributed by atoms with Crippen LogP contribution in [0, 0.1) is 0 Å². The highest BCUT2D eigenvalue weighted by atomic mass is 16.7. The molecule has 0 rings (SSSR count). The van der Waals surface area contributed by atoms with Crippen LogP contribution in [0.3, 0.4) is 0 Å². The summed E-state index contributed by atoms with van der Waals surface area (Å²) in [7, 11) is 5.90. The minimum absolute atomic E-state index is 0.174. The molecule has 0 amide bonds. The van der Waals surface area contributed by atoms with Crippen molar-refractivity contribution in [2.75, 3.05) is 47.5 Å². The van der Waals surface area contributed by atoms with E-state index >= 15 is 0 Å². The summed E-state index contributed by atoms with van der Waals surface area (Å²) in [6.07, 6.45) is 30.5. The molecule has 0 spiro atoms. The van der Waals surface area contributed by atoms with E-state index in [-0.39, 0.29) is 38.6 Å². The molecule has 1 N–H and O–H groups in total. The third kappa shape index (κ3) is 31.4. The van der Waals surface area contributed by atoms with E-state index in [4.69, 9.17) is 18.9 Å². The number of quaternary nitrogens is 1. The molecule has 9 heteroatoms. The molecular formula is C38H64NO8+. The van der Waals surface area contributed by atoms with E-state index in [0.29, 0.717) is 17.4 Å². The van der Waals surface area contributed by atoms with E-state index in [1.165, 1.54) is 0 Å². The maximum Gasteiger partial charge on any atom is 0.361 e. The SMILES string of the molecule is CC/C=C\C/C=C\C/C=C\C/C=C\C/C=C\CCCC(=O)OC(COC(=O)CCCCCCC)COC(OCC[N+](C)(C)C)C(=O)O. The molecule has 47 heavy (non-hydrogen) atoms. The van der Waals surface area contributed by atoms with Gasteiger partial charge in [-0.15, -0.1) is 0 Å². The number of likely N-dealkylation sites (N-methyl/N-ethyl adjacent to an activating group) is 1. The predicted octanol–water partition coefficient (Wildman–Crippen LogP) is 7.87. The molecule has 0 aromatic heterocycles. The van der Waals surface area contributed by atoms with E-state index < -0.39 is 24.3 Å². The fourth-order valence-electron chi connectivity index (χ4n) is 4.04. The minimum Gasteiger partial charge on any atom is -0.477 e. The summed E-state index contributed by atoms with van der Waals surface area (Å²) in [6, 6.07) is 0. The van der Waals surface area contributed by atoms with Crippen LogP contribution in [0.1, 0.15) is 104 Å². The van der Waals surface area contributed by atoms with Gasteiger partial charge >= 0.3 is 17.9 Å². The van der Waals surface area contributed by atoms with Crippen LogP contribution in [0.15, 0.2) is 60.8 Å². The summed E-state index contributed by atoms with van der Waals surface area (Å²) in [5.41, 5.74) is 0. The van der Waals surface area contributed by atoms with Gasteiger partial charge in [-0.25, -0.2) is 4.79 Å². The average molecular weight is 663 g/mol. The highest BCUT2D eigenvalue weighted by molar-refractivity contribution is 5.71. The maximum absolute atomic E-state index is 12.6. The smallest absolute Gasteiger partial charge is 0.361 e. The Labute approximate surface area is 284 Å². The summed E-state index contributed by atoms with van der Waals surface area (Å²) < 4.78 is 22.3. The fraction of sp³-hybridized carbons (Fsp3) is 0.658. The quantitative estimate of drug-likeness (QED) is 0.0272. The molecule has 0 aliphatic rings. The number of hydrogen-bond donors (Lipinski definition) is 1.